The molecule has 6 rings (SSSR count). The van der Waals surface area contributed by atoms with Crippen molar-refractivity contribution in [3.05, 3.63) is 0 Å². The summed E-state index contributed by atoms with van der Waals surface area (Å²) in [6.07, 6.45) is 9.88. The fourth-order valence-corrected chi connectivity index (χ4v) is 14.7. The fraction of sp³-hybridized carbons (Fsp3) is 0.962. The molecule has 6 aliphatic carbocycles. The topological polar surface area (TPSA) is 26.3 Å². The smallest absolute Gasteiger partial charge is 0.192 e. The molecule has 6 fully saturated rings. The number of alkyl halides is 2. The summed E-state index contributed by atoms with van der Waals surface area (Å²) in [4.78, 5) is 13.8. The van der Waals surface area contributed by atoms with Crippen LogP contribution in [0.2, 0.25) is 18.1 Å². The zero-order valence-corrected chi connectivity index (χ0v) is 24.4. The van der Waals surface area contributed by atoms with Gasteiger partial charge in [-0.2, -0.15) is 0 Å². The number of hydrogen-bond acceptors (Lipinski definition) is 2. The molecule has 0 radical (unpaired) electrons. The van der Waals surface area contributed by atoms with E-state index < -0.39 is 8.32 Å². The van der Waals surface area contributed by atoms with Gasteiger partial charge in [-0.1, -0.05) is 59.6 Å². The van der Waals surface area contributed by atoms with Gasteiger partial charge in [-0.15, -0.1) is 0 Å². The van der Waals surface area contributed by atoms with Gasteiger partial charge in [-0.25, -0.2) is 0 Å². The maximum Gasteiger partial charge on any atom is 0.192 e. The van der Waals surface area contributed by atoms with Crippen LogP contribution in [0.15, 0.2) is 0 Å². The van der Waals surface area contributed by atoms with Crippen LogP contribution in [0, 0.1) is 39.4 Å². The third-order valence-corrected chi connectivity index (χ3v) is 20.0. The van der Waals surface area contributed by atoms with Crippen LogP contribution in [0.4, 0.5) is 0 Å². The molecule has 31 heavy (non-hydrogen) atoms. The average Bonchev–Trinajstić information content (AvgIpc) is 3.35. The zero-order valence-electron chi connectivity index (χ0n) is 20.2. The number of carbonyl (C=O) groups is 1. The van der Waals surface area contributed by atoms with E-state index >= 15 is 0 Å². The Morgan fingerprint density at radius 2 is 1.71 bits per heavy atom. The molecule has 0 aromatic carbocycles. The summed E-state index contributed by atoms with van der Waals surface area (Å²) in [5, 5.41) is 0.273. The number of halogens is 2. The van der Waals surface area contributed by atoms with Gasteiger partial charge in [0.05, 0.1) is 6.10 Å². The SMILES string of the molecule is CC(C)(C)[Si](C)(C)O[C@H]1CC[C@H]2[C@@H]3C[C@H]4[C@@H](Br)[C@]45CC(=O)CC[C@]54[C@@H](Br)[C@]34CC[C@]12C. The molecular weight excluding hydrogens is 532 g/mol. The van der Waals surface area contributed by atoms with Crippen LogP contribution in [0.25, 0.3) is 0 Å². The van der Waals surface area contributed by atoms with E-state index in [0.717, 1.165) is 37.0 Å². The molecule has 6 saturated carbocycles. The number of Topliss-reactive ketones (excluding diaryl/α,β-unsaturated/α-hetero) is 1. The van der Waals surface area contributed by atoms with Crippen LogP contribution in [0.3, 0.4) is 0 Å². The van der Waals surface area contributed by atoms with Gasteiger partial charge in [-0.3, -0.25) is 4.79 Å². The number of ketones is 1. The lowest BCUT2D eigenvalue weighted by molar-refractivity contribution is -0.129. The Bertz CT molecular complexity index is 853. The first-order chi connectivity index (χ1) is 14.3. The molecule has 10 atom stereocenters. The highest BCUT2D eigenvalue weighted by Crippen LogP contribution is 2.96. The Hall–Kier alpha value is 0.807. The van der Waals surface area contributed by atoms with Crippen molar-refractivity contribution in [1.29, 1.82) is 0 Å². The van der Waals surface area contributed by atoms with Gasteiger partial charge >= 0.3 is 0 Å². The number of rotatable bonds is 2. The molecular formula is C26H40Br2O2Si. The van der Waals surface area contributed by atoms with Crippen molar-refractivity contribution in [1.82, 2.24) is 0 Å². The lowest BCUT2D eigenvalue weighted by atomic mass is 9.50. The molecule has 2 nitrogen and oxygen atoms in total. The van der Waals surface area contributed by atoms with Crippen LogP contribution < -0.4 is 0 Å². The van der Waals surface area contributed by atoms with Crippen LogP contribution in [0.1, 0.15) is 79.1 Å². The van der Waals surface area contributed by atoms with Crippen molar-refractivity contribution < 1.29 is 9.22 Å². The van der Waals surface area contributed by atoms with Crippen molar-refractivity contribution in [2.24, 2.45) is 39.4 Å². The molecule has 0 heterocycles. The van der Waals surface area contributed by atoms with E-state index in [0.29, 0.717) is 37.8 Å². The molecule has 0 aromatic heterocycles. The van der Waals surface area contributed by atoms with Crippen molar-refractivity contribution in [3.63, 3.8) is 0 Å². The van der Waals surface area contributed by atoms with Crippen molar-refractivity contribution in [3.8, 4) is 0 Å². The standard InChI is InChI=1S/C26H40Br2O2Si/c1-22(2,3)31(5,6)30-19-8-7-16-17-13-18-20(27)25(18)14-15(29)9-10-26(25)21(28)24(17,26)12-11-23(16,19)4/h16-21H,7-14H2,1-6H3/t16-,17-,18-,19-,20+,21-,23-,24-,25-,26+/m0/s1. The van der Waals surface area contributed by atoms with Gasteiger partial charge in [0.1, 0.15) is 5.78 Å². The van der Waals surface area contributed by atoms with Crippen molar-refractivity contribution in [2.45, 2.75) is 113 Å². The Kier molecular flexibility index (Phi) is 4.41. The average molecular weight is 572 g/mol. The molecule has 0 amide bonds. The van der Waals surface area contributed by atoms with Crippen molar-refractivity contribution in [2.75, 3.05) is 0 Å². The highest BCUT2D eigenvalue weighted by Gasteiger charge is 2.95. The summed E-state index contributed by atoms with van der Waals surface area (Å²) in [7, 11) is -1.77. The molecule has 0 aromatic rings. The van der Waals surface area contributed by atoms with Gasteiger partial charge in [0, 0.05) is 27.9 Å². The van der Waals surface area contributed by atoms with E-state index in [2.05, 4.69) is 72.6 Å². The van der Waals surface area contributed by atoms with Crippen LogP contribution >= 0.6 is 31.9 Å². The van der Waals surface area contributed by atoms with E-state index in [9.17, 15) is 4.79 Å². The third-order valence-electron chi connectivity index (χ3n) is 12.4. The van der Waals surface area contributed by atoms with E-state index in [1.807, 2.05) is 0 Å². The third kappa shape index (κ3) is 2.28. The molecule has 6 aliphatic rings. The van der Waals surface area contributed by atoms with E-state index in [-0.39, 0.29) is 10.5 Å². The highest BCUT2D eigenvalue weighted by molar-refractivity contribution is 9.10. The number of fused-ring (bicyclic) bond motifs is 2. The summed E-state index contributed by atoms with van der Waals surface area (Å²) in [5.41, 5.74) is 1.44. The van der Waals surface area contributed by atoms with Crippen LogP contribution in [0.5, 0.6) is 0 Å². The second-order valence-electron chi connectivity index (χ2n) is 14.0. The first-order valence-corrected chi connectivity index (χ1v) is 17.5. The molecule has 0 aliphatic heterocycles. The maximum absolute atomic E-state index is 12.6. The summed E-state index contributed by atoms with van der Waals surface area (Å²) >= 11 is 8.42. The summed E-state index contributed by atoms with van der Waals surface area (Å²) in [6.45, 7) is 14.6. The van der Waals surface area contributed by atoms with Gasteiger partial charge in [0.2, 0.25) is 0 Å². The first kappa shape index (κ1) is 22.3. The number of hydrogen-bond donors (Lipinski definition) is 0. The Labute approximate surface area is 206 Å². The maximum atomic E-state index is 12.6. The van der Waals surface area contributed by atoms with Crippen LogP contribution in [-0.4, -0.2) is 29.9 Å². The second-order valence-corrected chi connectivity index (χ2v) is 20.7. The predicted molar refractivity (Wildman–Crippen MR) is 135 cm³/mol. The molecule has 0 N–H and O–H groups in total. The number of carbonyl (C=O) groups excluding carboxylic acids is 1. The Morgan fingerprint density at radius 1 is 1.00 bits per heavy atom. The lowest BCUT2D eigenvalue weighted by Crippen LogP contribution is -2.53. The van der Waals surface area contributed by atoms with Gasteiger partial charge in [-0.05, 0) is 90.7 Å². The van der Waals surface area contributed by atoms with Crippen LogP contribution in [-0.2, 0) is 9.22 Å². The molecule has 174 valence electrons. The van der Waals surface area contributed by atoms with E-state index in [1.165, 1.54) is 32.1 Å². The quantitative estimate of drug-likeness (QED) is 0.253. The monoisotopic (exact) mass is 570 g/mol. The first-order valence-electron chi connectivity index (χ1n) is 12.8. The summed E-state index contributed by atoms with van der Waals surface area (Å²) in [5.74, 6) is 2.87. The summed E-state index contributed by atoms with van der Waals surface area (Å²) < 4.78 is 7.14. The van der Waals surface area contributed by atoms with E-state index in [1.54, 1.807) is 0 Å². The fourth-order valence-electron chi connectivity index (χ4n) is 9.84. The summed E-state index contributed by atoms with van der Waals surface area (Å²) in [6, 6.07) is 0. The minimum atomic E-state index is -1.77. The minimum absolute atomic E-state index is 0.273. The zero-order chi connectivity index (χ0) is 22.4. The van der Waals surface area contributed by atoms with E-state index in [4.69, 9.17) is 4.43 Å². The molecule has 5 heteroatoms. The Morgan fingerprint density at radius 3 is 2.39 bits per heavy atom. The van der Waals surface area contributed by atoms with Gasteiger partial charge in [0.15, 0.2) is 8.32 Å². The predicted octanol–water partition coefficient (Wildman–Crippen LogP) is 7.49. The second kappa shape index (κ2) is 6.13. The van der Waals surface area contributed by atoms with Gasteiger partial charge in [0.25, 0.3) is 0 Å². The molecule has 0 saturated heterocycles. The molecule has 3 spiro atoms. The normalized spacial score (nSPS) is 57.4. The largest absolute Gasteiger partial charge is 0.413 e. The lowest BCUT2D eigenvalue weighted by Gasteiger charge is -2.55. The van der Waals surface area contributed by atoms with Crippen molar-refractivity contribution >= 4 is 46.0 Å². The van der Waals surface area contributed by atoms with Gasteiger partial charge < -0.3 is 4.43 Å². The molecule has 0 bridgehead atoms. The highest BCUT2D eigenvalue weighted by atomic mass is 79.9. The molecule has 0 unspecified atom stereocenters. The Balaban J connectivity index is 1.34. The minimum Gasteiger partial charge on any atom is -0.413 e.